The van der Waals surface area contributed by atoms with Gasteiger partial charge >= 0.3 is 6.09 Å². The maximum atomic E-state index is 12.4. The number of ether oxygens (including phenoxy) is 1. The van der Waals surface area contributed by atoms with E-state index in [1.807, 2.05) is 0 Å². The van der Waals surface area contributed by atoms with Gasteiger partial charge in [-0.05, 0) is 111 Å². The van der Waals surface area contributed by atoms with Crippen molar-refractivity contribution in [3.63, 3.8) is 0 Å². The molecule has 0 aromatic carbocycles. The zero-order valence-electron chi connectivity index (χ0n) is 25.5. The number of nitrogens with one attached hydrogen (secondary N) is 1. The normalized spacial score (nSPS) is 37.1. The summed E-state index contributed by atoms with van der Waals surface area (Å²) < 4.78 is 5.91. The van der Waals surface area contributed by atoms with E-state index in [1.165, 1.54) is 57.8 Å². The summed E-state index contributed by atoms with van der Waals surface area (Å²) in [7, 11) is 0. The van der Waals surface area contributed by atoms with Gasteiger partial charge < -0.3 is 15.8 Å². The Balaban J connectivity index is 1.31. The zero-order chi connectivity index (χ0) is 27.3. The first-order valence-corrected chi connectivity index (χ1v) is 16.5. The van der Waals surface area contributed by atoms with E-state index < -0.39 is 0 Å². The highest BCUT2D eigenvalue weighted by molar-refractivity contribution is 5.67. The van der Waals surface area contributed by atoms with Gasteiger partial charge in [-0.2, -0.15) is 0 Å². The van der Waals surface area contributed by atoms with Crippen LogP contribution in [0.25, 0.3) is 0 Å². The van der Waals surface area contributed by atoms with Gasteiger partial charge in [0, 0.05) is 13.0 Å². The van der Waals surface area contributed by atoms with Crippen molar-refractivity contribution in [3.8, 4) is 0 Å². The highest BCUT2D eigenvalue weighted by Crippen LogP contribution is 2.67. The first-order valence-electron chi connectivity index (χ1n) is 16.5. The van der Waals surface area contributed by atoms with Crippen LogP contribution < -0.4 is 11.1 Å². The van der Waals surface area contributed by atoms with Crippen LogP contribution in [0.15, 0.2) is 11.6 Å². The molecular formula is C34H60N2O2. The molecule has 0 saturated heterocycles. The van der Waals surface area contributed by atoms with Crippen molar-refractivity contribution >= 4 is 6.09 Å². The average Bonchev–Trinajstić information content (AvgIpc) is 3.23. The fourth-order valence-corrected chi connectivity index (χ4v) is 9.76. The topological polar surface area (TPSA) is 64.3 Å². The Hall–Kier alpha value is -1.03. The Labute approximate surface area is 234 Å². The molecule has 4 rings (SSSR count). The molecule has 0 aliphatic heterocycles. The highest BCUT2D eigenvalue weighted by atomic mass is 16.6. The minimum atomic E-state index is -0.223. The number of unbranched alkanes of at least 4 members (excludes halogenated alkanes) is 3. The van der Waals surface area contributed by atoms with E-state index in [9.17, 15) is 4.79 Å². The van der Waals surface area contributed by atoms with Gasteiger partial charge in [-0.15, -0.1) is 0 Å². The Morgan fingerprint density at radius 2 is 1.79 bits per heavy atom. The van der Waals surface area contributed by atoms with E-state index in [1.54, 1.807) is 5.57 Å². The molecule has 4 nitrogen and oxygen atoms in total. The first kappa shape index (κ1) is 29.9. The Kier molecular flexibility index (Phi) is 10.3. The molecule has 8 atom stereocenters. The van der Waals surface area contributed by atoms with Crippen LogP contribution in [0.3, 0.4) is 0 Å². The summed E-state index contributed by atoms with van der Waals surface area (Å²) in [4.78, 5) is 12.4. The molecule has 0 heterocycles. The summed E-state index contributed by atoms with van der Waals surface area (Å²) in [5.74, 6) is 5.20. The average molecular weight is 529 g/mol. The third-order valence-corrected chi connectivity index (χ3v) is 11.9. The van der Waals surface area contributed by atoms with Crippen LogP contribution in [0.1, 0.15) is 131 Å². The number of hydrogen-bond donors (Lipinski definition) is 2. The molecule has 3 fully saturated rings. The van der Waals surface area contributed by atoms with Gasteiger partial charge in [0.25, 0.3) is 0 Å². The lowest BCUT2D eigenvalue weighted by Crippen LogP contribution is -2.51. The maximum Gasteiger partial charge on any atom is 0.407 e. The third kappa shape index (κ3) is 6.47. The van der Waals surface area contributed by atoms with Crippen molar-refractivity contribution < 1.29 is 9.53 Å². The lowest BCUT2D eigenvalue weighted by atomic mass is 9.47. The van der Waals surface area contributed by atoms with Gasteiger partial charge in [0.15, 0.2) is 0 Å². The molecule has 218 valence electrons. The fourth-order valence-electron chi connectivity index (χ4n) is 9.76. The molecule has 0 radical (unpaired) electrons. The molecule has 0 aromatic heterocycles. The monoisotopic (exact) mass is 528 g/mol. The van der Waals surface area contributed by atoms with E-state index in [-0.39, 0.29) is 12.2 Å². The molecule has 0 bridgehead atoms. The molecule has 0 aromatic rings. The molecule has 4 aliphatic rings. The van der Waals surface area contributed by atoms with Crippen molar-refractivity contribution in [2.75, 3.05) is 13.1 Å². The van der Waals surface area contributed by atoms with Crippen molar-refractivity contribution in [3.05, 3.63) is 11.6 Å². The van der Waals surface area contributed by atoms with Gasteiger partial charge in [-0.25, -0.2) is 4.79 Å². The van der Waals surface area contributed by atoms with E-state index in [0.29, 0.717) is 17.4 Å². The molecule has 3 unspecified atom stereocenters. The summed E-state index contributed by atoms with van der Waals surface area (Å²) in [5, 5.41) is 2.98. The smallest absolute Gasteiger partial charge is 0.407 e. The van der Waals surface area contributed by atoms with E-state index in [0.717, 1.165) is 80.6 Å². The van der Waals surface area contributed by atoms with Crippen LogP contribution in [0.4, 0.5) is 4.79 Å². The van der Waals surface area contributed by atoms with E-state index in [2.05, 4.69) is 46.0 Å². The Morgan fingerprint density at radius 1 is 1.00 bits per heavy atom. The number of alkyl carbamates (subject to hydrolysis) is 1. The number of nitrogens with two attached hydrogens (primary N) is 1. The predicted octanol–water partition coefficient (Wildman–Crippen LogP) is 8.64. The van der Waals surface area contributed by atoms with Gasteiger partial charge in [0.2, 0.25) is 0 Å². The van der Waals surface area contributed by atoms with Crippen LogP contribution in [0, 0.1) is 46.3 Å². The first-order chi connectivity index (χ1) is 18.2. The molecule has 38 heavy (non-hydrogen) atoms. The predicted molar refractivity (Wildman–Crippen MR) is 159 cm³/mol. The lowest BCUT2D eigenvalue weighted by Gasteiger charge is -2.58. The minimum absolute atomic E-state index is 0.0412. The van der Waals surface area contributed by atoms with Crippen molar-refractivity contribution in [1.29, 1.82) is 0 Å². The molecule has 4 aliphatic carbocycles. The largest absolute Gasteiger partial charge is 0.446 e. The molecular weight excluding hydrogens is 468 g/mol. The number of carbonyl (C=O) groups is 1. The summed E-state index contributed by atoms with van der Waals surface area (Å²) in [6.07, 6.45) is 21.1. The van der Waals surface area contributed by atoms with Crippen molar-refractivity contribution in [2.45, 2.75) is 137 Å². The van der Waals surface area contributed by atoms with Crippen molar-refractivity contribution in [1.82, 2.24) is 5.32 Å². The van der Waals surface area contributed by atoms with Gasteiger partial charge in [-0.3, -0.25) is 0 Å². The van der Waals surface area contributed by atoms with Crippen LogP contribution in [-0.4, -0.2) is 25.3 Å². The van der Waals surface area contributed by atoms with Crippen LogP contribution in [0.2, 0.25) is 0 Å². The minimum Gasteiger partial charge on any atom is -0.446 e. The Bertz CT molecular complexity index is 808. The zero-order valence-corrected chi connectivity index (χ0v) is 25.5. The lowest BCUT2D eigenvalue weighted by molar-refractivity contribution is -0.0581. The fraction of sp³-hybridized carbons (Fsp3) is 0.912. The van der Waals surface area contributed by atoms with Crippen LogP contribution in [0.5, 0.6) is 0 Å². The highest BCUT2D eigenvalue weighted by Gasteiger charge is 2.59. The number of hydrogen-bond acceptors (Lipinski definition) is 3. The number of carbonyl (C=O) groups excluding carboxylic acids is 1. The quantitative estimate of drug-likeness (QED) is 0.197. The second kappa shape index (κ2) is 13.1. The molecule has 3 N–H and O–H groups in total. The second-order valence-electron chi connectivity index (χ2n) is 14.7. The molecule has 3 saturated carbocycles. The number of allylic oxidation sites excluding steroid dienone is 1. The van der Waals surface area contributed by atoms with E-state index in [4.69, 9.17) is 10.5 Å². The van der Waals surface area contributed by atoms with Gasteiger partial charge in [0.1, 0.15) is 6.10 Å². The second-order valence-corrected chi connectivity index (χ2v) is 14.7. The van der Waals surface area contributed by atoms with E-state index >= 15 is 0 Å². The van der Waals surface area contributed by atoms with Gasteiger partial charge in [-0.1, -0.05) is 78.4 Å². The van der Waals surface area contributed by atoms with Crippen LogP contribution >= 0.6 is 0 Å². The molecule has 0 spiro atoms. The maximum absolute atomic E-state index is 12.4. The Morgan fingerprint density at radius 3 is 2.55 bits per heavy atom. The van der Waals surface area contributed by atoms with Gasteiger partial charge in [0.05, 0.1) is 0 Å². The summed E-state index contributed by atoms with van der Waals surface area (Å²) >= 11 is 0. The SMILES string of the molecule is CC(C)CCC[C@@H](C)[C@H]1CCC2C3CC=C4C[C@@H](OC(=O)NCCCCCCN)CC[C@]4(C)C3CC[C@@]21C. The standard InChI is InChI=1S/C34H60N2O2/c1-24(2)11-10-12-25(3)29-15-16-30-28-14-13-26-23-27(38-32(37)36-22-9-7-6-8-21-35)17-19-33(26,4)31(28)18-20-34(29,30)5/h13,24-25,27-31H,6-12,14-23,35H2,1-5H3,(H,36,37)/t25-,27+,28?,29-,30?,31?,33+,34-/m1/s1. The number of rotatable bonds is 12. The number of fused-ring (bicyclic) bond motifs is 5. The van der Waals surface area contributed by atoms with Crippen molar-refractivity contribution in [2.24, 2.45) is 52.1 Å². The molecule has 4 heteroatoms. The number of amides is 1. The van der Waals surface area contributed by atoms with Crippen LogP contribution in [-0.2, 0) is 4.74 Å². The summed E-state index contributed by atoms with van der Waals surface area (Å²) in [6.45, 7) is 14.0. The summed E-state index contributed by atoms with van der Waals surface area (Å²) in [5.41, 5.74) is 8.02. The summed E-state index contributed by atoms with van der Waals surface area (Å²) in [6, 6.07) is 0. The third-order valence-electron chi connectivity index (χ3n) is 11.9. The molecule has 1 amide bonds.